The second kappa shape index (κ2) is 5.08. The first-order valence-electron chi connectivity index (χ1n) is 9.41. The third kappa shape index (κ3) is 1.82. The summed E-state index contributed by atoms with van der Waals surface area (Å²) in [5.74, 6) is 0. The van der Waals surface area contributed by atoms with Crippen LogP contribution in [0.5, 0.6) is 0 Å². The van der Waals surface area contributed by atoms with E-state index in [0.29, 0.717) is 0 Å². The predicted molar refractivity (Wildman–Crippen MR) is 114 cm³/mol. The molecule has 2 aromatic rings. The molecule has 0 bridgehead atoms. The summed E-state index contributed by atoms with van der Waals surface area (Å²) in [6.07, 6.45) is 18.2. The number of fused-ring (bicyclic) bond motifs is 6. The van der Waals surface area contributed by atoms with Crippen molar-refractivity contribution in [2.24, 2.45) is 5.41 Å². The monoisotopic (exact) mass is 342 g/mol. The van der Waals surface area contributed by atoms with Crippen LogP contribution in [0.15, 0.2) is 109 Å². The van der Waals surface area contributed by atoms with Gasteiger partial charge in [-0.25, -0.2) is 0 Å². The van der Waals surface area contributed by atoms with Crippen LogP contribution >= 0.6 is 0 Å². The summed E-state index contributed by atoms with van der Waals surface area (Å²) in [6.45, 7) is 4.11. The van der Waals surface area contributed by atoms with Crippen molar-refractivity contribution in [1.82, 2.24) is 0 Å². The van der Waals surface area contributed by atoms with Crippen molar-refractivity contribution in [3.05, 3.63) is 130 Å². The molecule has 0 amide bonds. The van der Waals surface area contributed by atoms with Gasteiger partial charge in [0.25, 0.3) is 0 Å². The van der Waals surface area contributed by atoms with E-state index in [4.69, 9.17) is 0 Å². The molecule has 1 unspecified atom stereocenters. The van der Waals surface area contributed by atoms with Crippen LogP contribution in [0.4, 0.5) is 0 Å². The molecule has 0 N–H and O–H groups in total. The molecular weight excluding hydrogens is 324 g/mol. The summed E-state index contributed by atoms with van der Waals surface area (Å²) in [5.41, 5.74) is 9.01. The highest BCUT2D eigenvalue weighted by Gasteiger charge is 2.38. The predicted octanol–water partition coefficient (Wildman–Crippen LogP) is 4.72. The minimum absolute atomic E-state index is 0.196. The first-order chi connectivity index (χ1) is 13.3. The first kappa shape index (κ1) is 14.8. The average Bonchev–Trinajstić information content (AvgIpc) is 3.24. The summed E-state index contributed by atoms with van der Waals surface area (Å²) >= 11 is 0. The van der Waals surface area contributed by atoms with Crippen LogP contribution in [0.3, 0.4) is 0 Å². The van der Waals surface area contributed by atoms with E-state index < -0.39 is 0 Å². The molecule has 0 heterocycles. The molecule has 1 spiro atoms. The van der Waals surface area contributed by atoms with Crippen molar-refractivity contribution in [3.63, 3.8) is 0 Å². The summed E-state index contributed by atoms with van der Waals surface area (Å²) in [6, 6.07) is 17.3. The highest BCUT2D eigenvalue weighted by Crippen LogP contribution is 2.52. The molecule has 0 fully saturated rings. The second-order valence-electron chi connectivity index (χ2n) is 7.49. The standard InChI is InChI=1S/C27H18/c1-2-19-21-10-5-6-11-22(21)23-13-15-27(17-25(19)23)14-7-12-24-20-9-4-3-8-18(20)16-26(24)27/h2-17H,1H2. The maximum Gasteiger partial charge on any atom is 0.0515 e. The Bertz CT molecular complexity index is 1280. The topological polar surface area (TPSA) is 0 Å². The van der Waals surface area contributed by atoms with E-state index in [-0.39, 0.29) is 5.41 Å². The maximum atomic E-state index is 4.11. The fourth-order valence-corrected chi connectivity index (χ4v) is 4.90. The van der Waals surface area contributed by atoms with Gasteiger partial charge in [0.2, 0.25) is 0 Å². The number of hydrogen-bond donors (Lipinski definition) is 0. The van der Waals surface area contributed by atoms with Gasteiger partial charge in [0.1, 0.15) is 0 Å². The van der Waals surface area contributed by atoms with Crippen LogP contribution in [0.2, 0.25) is 0 Å². The molecule has 4 aliphatic rings. The van der Waals surface area contributed by atoms with Crippen molar-refractivity contribution in [1.29, 1.82) is 0 Å². The lowest BCUT2D eigenvalue weighted by molar-refractivity contribution is 0.778. The van der Waals surface area contributed by atoms with Gasteiger partial charge in [-0.15, -0.1) is 0 Å². The Labute approximate surface area is 158 Å². The first-order valence-corrected chi connectivity index (χ1v) is 9.41. The SMILES string of the molecule is C=CC1=c2ccccc2=C2C=CC3(C=CC=C4C3=Cc3ccccc34)C=C12. The zero-order valence-electron chi connectivity index (χ0n) is 14.9. The van der Waals surface area contributed by atoms with Gasteiger partial charge in [0.05, 0.1) is 5.41 Å². The molecule has 1 atom stereocenters. The van der Waals surface area contributed by atoms with Crippen LogP contribution in [-0.2, 0) is 0 Å². The summed E-state index contributed by atoms with van der Waals surface area (Å²) < 4.78 is 0. The van der Waals surface area contributed by atoms with Crippen LogP contribution in [0.1, 0.15) is 11.1 Å². The van der Waals surface area contributed by atoms with Gasteiger partial charge in [-0.1, -0.05) is 97.6 Å². The third-order valence-corrected chi connectivity index (χ3v) is 6.14. The van der Waals surface area contributed by atoms with E-state index in [0.717, 1.165) is 0 Å². The van der Waals surface area contributed by atoms with Gasteiger partial charge >= 0.3 is 0 Å². The smallest absolute Gasteiger partial charge is 0.0515 e. The Morgan fingerprint density at radius 1 is 0.852 bits per heavy atom. The van der Waals surface area contributed by atoms with Crippen molar-refractivity contribution < 1.29 is 0 Å². The van der Waals surface area contributed by atoms with Crippen LogP contribution < -0.4 is 10.4 Å². The Kier molecular flexibility index (Phi) is 2.78. The quantitative estimate of drug-likeness (QED) is 0.703. The lowest BCUT2D eigenvalue weighted by Gasteiger charge is -2.33. The van der Waals surface area contributed by atoms with Crippen molar-refractivity contribution in [3.8, 4) is 0 Å². The summed E-state index contributed by atoms with van der Waals surface area (Å²) in [7, 11) is 0. The molecule has 0 radical (unpaired) electrons. The number of allylic oxidation sites excluding steroid dienone is 10. The lowest BCUT2D eigenvalue weighted by atomic mass is 9.69. The Morgan fingerprint density at radius 3 is 2.56 bits per heavy atom. The molecule has 0 aliphatic heterocycles. The normalized spacial score (nSPS) is 23.3. The van der Waals surface area contributed by atoms with E-state index in [9.17, 15) is 0 Å². The molecule has 27 heavy (non-hydrogen) atoms. The van der Waals surface area contributed by atoms with E-state index in [1.54, 1.807) is 0 Å². The van der Waals surface area contributed by atoms with Gasteiger partial charge < -0.3 is 0 Å². The van der Waals surface area contributed by atoms with Gasteiger partial charge in [-0.3, -0.25) is 0 Å². The fraction of sp³-hybridized carbons (Fsp3) is 0.0370. The molecule has 6 rings (SSSR count). The van der Waals surface area contributed by atoms with Crippen molar-refractivity contribution >= 4 is 22.8 Å². The van der Waals surface area contributed by atoms with Gasteiger partial charge in [0, 0.05) is 0 Å². The molecule has 0 heteroatoms. The average molecular weight is 342 g/mol. The van der Waals surface area contributed by atoms with E-state index in [1.807, 2.05) is 6.08 Å². The molecule has 0 saturated carbocycles. The van der Waals surface area contributed by atoms with E-state index in [1.165, 1.54) is 49.4 Å². The molecule has 0 nitrogen and oxygen atoms in total. The van der Waals surface area contributed by atoms with Crippen LogP contribution in [-0.4, -0.2) is 0 Å². The minimum atomic E-state index is -0.196. The van der Waals surface area contributed by atoms with E-state index >= 15 is 0 Å². The van der Waals surface area contributed by atoms with E-state index in [2.05, 4.69) is 97.6 Å². The van der Waals surface area contributed by atoms with Gasteiger partial charge in [-0.2, -0.15) is 0 Å². The maximum absolute atomic E-state index is 4.11. The number of benzene rings is 2. The minimum Gasteiger partial charge on any atom is -0.0984 e. The zero-order valence-corrected chi connectivity index (χ0v) is 14.9. The van der Waals surface area contributed by atoms with Crippen molar-refractivity contribution in [2.75, 3.05) is 0 Å². The Morgan fingerprint density at radius 2 is 1.67 bits per heavy atom. The molecule has 126 valence electrons. The Balaban J connectivity index is 1.61. The van der Waals surface area contributed by atoms with Gasteiger partial charge in [0.15, 0.2) is 0 Å². The second-order valence-corrected chi connectivity index (χ2v) is 7.49. The van der Waals surface area contributed by atoms with Crippen LogP contribution in [0.25, 0.3) is 22.8 Å². The molecule has 2 aromatic carbocycles. The third-order valence-electron chi connectivity index (χ3n) is 6.14. The largest absolute Gasteiger partial charge is 0.0984 e. The lowest BCUT2D eigenvalue weighted by Crippen LogP contribution is -2.23. The Hall–Kier alpha value is -3.38. The van der Waals surface area contributed by atoms with Crippen molar-refractivity contribution in [2.45, 2.75) is 0 Å². The van der Waals surface area contributed by atoms with Gasteiger partial charge in [-0.05, 0) is 55.5 Å². The number of rotatable bonds is 1. The number of hydrogen-bond acceptors (Lipinski definition) is 0. The summed E-state index contributed by atoms with van der Waals surface area (Å²) in [5, 5.41) is 2.60. The fourth-order valence-electron chi connectivity index (χ4n) is 4.90. The molecule has 0 aromatic heterocycles. The molecular formula is C27H18. The molecule has 4 aliphatic carbocycles. The van der Waals surface area contributed by atoms with Crippen LogP contribution in [0, 0.1) is 5.41 Å². The zero-order chi connectivity index (χ0) is 18.0. The highest BCUT2D eigenvalue weighted by molar-refractivity contribution is 6.02. The highest BCUT2D eigenvalue weighted by atomic mass is 14.4. The summed E-state index contributed by atoms with van der Waals surface area (Å²) in [4.78, 5) is 0. The molecule has 0 saturated heterocycles.